The molecule has 0 aromatic heterocycles. The molecule has 0 aromatic carbocycles. The normalized spacial score (nSPS) is 34.1. The van der Waals surface area contributed by atoms with Crippen molar-refractivity contribution in [3.8, 4) is 0 Å². The highest BCUT2D eigenvalue weighted by Gasteiger charge is 2.40. The summed E-state index contributed by atoms with van der Waals surface area (Å²) in [6.45, 7) is 1.67. The Morgan fingerprint density at radius 3 is 2.52 bits per heavy atom. The van der Waals surface area contributed by atoms with Gasteiger partial charge in [0.05, 0.1) is 0 Å². The van der Waals surface area contributed by atoms with Crippen molar-refractivity contribution in [1.29, 1.82) is 0 Å². The molecule has 0 radical (unpaired) electrons. The van der Waals surface area contributed by atoms with Crippen molar-refractivity contribution in [3.05, 3.63) is 0 Å². The second-order valence-corrected chi connectivity index (χ2v) is 8.15. The molecule has 3 fully saturated rings. The van der Waals surface area contributed by atoms with Crippen LogP contribution in [0.1, 0.15) is 64.2 Å². The van der Waals surface area contributed by atoms with E-state index in [1.807, 2.05) is 11.9 Å². The molecule has 2 bridgehead atoms. The van der Waals surface area contributed by atoms with E-state index in [0.717, 1.165) is 37.1 Å². The molecule has 0 saturated heterocycles. The maximum atomic E-state index is 12.6. The van der Waals surface area contributed by atoms with Crippen molar-refractivity contribution in [2.75, 3.05) is 20.1 Å². The van der Waals surface area contributed by atoms with Gasteiger partial charge in [-0.15, -0.1) is 0 Å². The monoisotopic (exact) mass is 292 g/mol. The van der Waals surface area contributed by atoms with Gasteiger partial charge in [-0.05, 0) is 61.8 Å². The molecule has 3 saturated carbocycles. The number of nitrogens with zero attached hydrogens (tertiary/aromatic N) is 1. The van der Waals surface area contributed by atoms with Crippen LogP contribution < -0.4 is 5.73 Å². The molecule has 3 heteroatoms. The van der Waals surface area contributed by atoms with Gasteiger partial charge in [0.15, 0.2) is 0 Å². The van der Waals surface area contributed by atoms with E-state index in [1.165, 1.54) is 44.9 Å². The summed E-state index contributed by atoms with van der Waals surface area (Å²) >= 11 is 0. The van der Waals surface area contributed by atoms with E-state index >= 15 is 0 Å². The summed E-state index contributed by atoms with van der Waals surface area (Å²) in [5.74, 6) is 2.99. The maximum Gasteiger partial charge on any atom is 0.222 e. The van der Waals surface area contributed by atoms with Gasteiger partial charge in [-0.3, -0.25) is 4.79 Å². The third kappa shape index (κ3) is 3.28. The molecule has 3 rings (SSSR count). The van der Waals surface area contributed by atoms with Crippen molar-refractivity contribution in [2.45, 2.75) is 64.2 Å². The minimum absolute atomic E-state index is 0.109. The highest BCUT2D eigenvalue weighted by atomic mass is 16.2. The lowest BCUT2D eigenvalue weighted by molar-refractivity contribution is -0.133. The first-order chi connectivity index (χ1) is 10.1. The smallest absolute Gasteiger partial charge is 0.222 e. The Morgan fingerprint density at radius 1 is 1.19 bits per heavy atom. The van der Waals surface area contributed by atoms with Crippen molar-refractivity contribution in [2.24, 2.45) is 28.9 Å². The molecule has 0 heterocycles. The number of nitrogens with two attached hydrogens (primary N) is 1. The van der Waals surface area contributed by atoms with Crippen molar-refractivity contribution < 1.29 is 4.79 Å². The first-order valence-corrected chi connectivity index (χ1v) is 9.06. The van der Waals surface area contributed by atoms with Crippen LogP contribution in [0.25, 0.3) is 0 Å². The van der Waals surface area contributed by atoms with Crippen LogP contribution in [-0.2, 0) is 4.79 Å². The zero-order valence-corrected chi connectivity index (χ0v) is 13.7. The number of hydrogen-bond acceptors (Lipinski definition) is 2. The number of carbonyl (C=O) groups is 1. The zero-order chi connectivity index (χ0) is 14.9. The summed E-state index contributed by atoms with van der Waals surface area (Å²) < 4.78 is 0. The van der Waals surface area contributed by atoms with Crippen LogP contribution in [0.3, 0.4) is 0 Å². The predicted octanol–water partition coefficient (Wildman–Crippen LogP) is 3.18. The predicted molar refractivity (Wildman–Crippen MR) is 85.8 cm³/mol. The molecule has 3 nitrogen and oxygen atoms in total. The second kappa shape index (κ2) is 6.28. The highest BCUT2D eigenvalue weighted by Crippen LogP contribution is 2.48. The van der Waals surface area contributed by atoms with Crippen molar-refractivity contribution in [1.82, 2.24) is 4.90 Å². The Labute approximate surface area is 129 Å². The summed E-state index contributed by atoms with van der Waals surface area (Å²) in [4.78, 5) is 14.7. The van der Waals surface area contributed by atoms with E-state index in [2.05, 4.69) is 0 Å². The van der Waals surface area contributed by atoms with Crippen molar-refractivity contribution in [3.63, 3.8) is 0 Å². The Morgan fingerprint density at radius 2 is 1.95 bits per heavy atom. The minimum Gasteiger partial charge on any atom is -0.345 e. The zero-order valence-electron chi connectivity index (χ0n) is 13.7. The minimum atomic E-state index is 0.109. The summed E-state index contributed by atoms with van der Waals surface area (Å²) in [6, 6.07) is 0. The fraction of sp³-hybridized carbons (Fsp3) is 0.944. The quantitative estimate of drug-likeness (QED) is 0.846. The van der Waals surface area contributed by atoms with Crippen LogP contribution >= 0.6 is 0 Å². The van der Waals surface area contributed by atoms with Gasteiger partial charge in [0.1, 0.15) is 0 Å². The van der Waals surface area contributed by atoms with E-state index in [4.69, 9.17) is 5.73 Å². The SMILES string of the molecule is CN(CC1CC2CCC1C2)C(=O)CC1(CN)CCCCC1. The van der Waals surface area contributed by atoms with Gasteiger partial charge in [-0.1, -0.05) is 25.7 Å². The number of carbonyl (C=O) groups excluding carboxylic acids is 1. The van der Waals surface area contributed by atoms with Crippen LogP contribution in [0.15, 0.2) is 0 Å². The third-order valence-electron chi connectivity index (χ3n) is 6.69. The Kier molecular flexibility index (Phi) is 4.58. The van der Waals surface area contributed by atoms with Gasteiger partial charge in [0.25, 0.3) is 0 Å². The molecule has 3 unspecified atom stereocenters. The number of amides is 1. The summed E-state index contributed by atoms with van der Waals surface area (Å²) in [7, 11) is 2.02. The average molecular weight is 292 g/mol. The molecule has 0 aromatic rings. The molecular weight excluding hydrogens is 260 g/mol. The molecule has 120 valence electrons. The lowest BCUT2D eigenvalue weighted by atomic mass is 9.71. The molecule has 3 aliphatic carbocycles. The molecular formula is C18H32N2O. The first kappa shape index (κ1) is 15.3. The standard InChI is InChI=1S/C18H32N2O/c1-20(12-16-10-14-5-6-15(16)9-14)17(21)11-18(13-19)7-3-2-4-8-18/h14-16H,2-13,19H2,1H3. The highest BCUT2D eigenvalue weighted by molar-refractivity contribution is 5.76. The number of fused-ring (bicyclic) bond motifs is 2. The first-order valence-electron chi connectivity index (χ1n) is 9.06. The lowest BCUT2D eigenvalue weighted by Crippen LogP contribution is -2.41. The topological polar surface area (TPSA) is 46.3 Å². The van der Waals surface area contributed by atoms with E-state index in [1.54, 1.807) is 0 Å². The fourth-order valence-electron chi connectivity index (χ4n) is 5.26. The van der Waals surface area contributed by atoms with E-state index in [-0.39, 0.29) is 5.41 Å². The molecule has 3 aliphatic rings. The molecule has 21 heavy (non-hydrogen) atoms. The van der Waals surface area contributed by atoms with Gasteiger partial charge in [-0.2, -0.15) is 0 Å². The van der Waals surface area contributed by atoms with Crippen LogP contribution in [0, 0.1) is 23.2 Å². The summed E-state index contributed by atoms with van der Waals surface area (Å²) in [5.41, 5.74) is 6.14. The third-order valence-corrected chi connectivity index (χ3v) is 6.69. The van der Waals surface area contributed by atoms with E-state index < -0.39 is 0 Å². The second-order valence-electron chi connectivity index (χ2n) is 8.15. The average Bonchev–Trinajstić information content (AvgIpc) is 3.10. The molecule has 3 atom stereocenters. The molecule has 0 aliphatic heterocycles. The van der Waals surface area contributed by atoms with Gasteiger partial charge in [0.2, 0.25) is 5.91 Å². The van der Waals surface area contributed by atoms with Gasteiger partial charge < -0.3 is 10.6 Å². The van der Waals surface area contributed by atoms with Crippen LogP contribution in [0.4, 0.5) is 0 Å². The van der Waals surface area contributed by atoms with Crippen LogP contribution in [-0.4, -0.2) is 30.9 Å². The number of hydrogen-bond donors (Lipinski definition) is 1. The van der Waals surface area contributed by atoms with E-state index in [0.29, 0.717) is 18.9 Å². The van der Waals surface area contributed by atoms with E-state index in [9.17, 15) is 4.79 Å². The Hall–Kier alpha value is -0.570. The van der Waals surface area contributed by atoms with Gasteiger partial charge in [-0.25, -0.2) is 0 Å². The largest absolute Gasteiger partial charge is 0.345 e. The molecule has 0 spiro atoms. The lowest BCUT2D eigenvalue weighted by Gasteiger charge is -2.37. The summed E-state index contributed by atoms with van der Waals surface area (Å²) in [6.07, 6.45) is 12.4. The van der Waals surface area contributed by atoms with Crippen LogP contribution in [0.2, 0.25) is 0 Å². The Balaban J connectivity index is 1.52. The van der Waals surface area contributed by atoms with Gasteiger partial charge >= 0.3 is 0 Å². The number of rotatable bonds is 5. The molecule has 2 N–H and O–H groups in total. The molecule has 1 amide bonds. The fourth-order valence-corrected chi connectivity index (χ4v) is 5.26. The maximum absolute atomic E-state index is 12.6. The van der Waals surface area contributed by atoms with Crippen molar-refractivity contribution >= 4 is 5.91 Å². The Bertz CT molecular complexity index is 375. The van der Waals surface area contributed by atoms with Crippen LogP contribution in [0.5, 0.6) is 0 Å². The summed E-state index contributed by atoms with van der Waals surface area (Å²) in [5, 5.41) is 0. The van der Waals surface area contributed by atoms with Gasteiger partial charge in [0, 0.05) is 20.0 Å².